The number of benzene rings is 2. The van der Waals surface area contributed by atoms with Crippen LogP contribution < -0.4 is 0 Å². The fraction of sp³-hybridized carbons (Fsp3) is 0.259. The molecule has 5 rings (SSSR count). The van der Waals surface area contributed by atoms with Gasteiger partial charge in [0.15, 0.2) is 0 Å². The minimum atomic E-state index is -1.19. The predicted molar refractivity (Wildman–Crippen MR) is 137 cm³/mol. The number of pyridine rings is 1. The zero-order valence-electron chi connectivity index (χ0n) is 19.5. The molecule has 0 radical (unpaired) electrons. The summed E-state index contributed by atoms with van der Waals surface area (Å²) in [6.07, 6.45) is 5.65. The molecule has 168 valence electrons. The third-order valence-electron chi connectivity index (χ3n) is 5.95. The first-order valence-corrected chi connectivity index (χ1v) is 15.2. The largest absolute Gasteiger partial charge is 0.367 e. The number of H-pyrrole nitrogens is 1. The lowest BCUT2D eigenvalue weighted by molar-refractivity contribution is 0.0882. The number of rotatable bonds is 8. The third kappa shape index (κ3) is 5.07. The Hall–Kier alpha value is -3.22. The molecule has 3 aromatic heterocycles. The Bertz CT molecular complexity index is 1350. The SMILES string of the molecule is C[Si](C)(C)CCOC(c1cnn(Cc2ccc3ccccc3c2)c1)c1cc2cccnc2[nH]1. The summed E-state index contributed by atoms with van der Waals surface area (Å²) >= 11 is 0. The predicted octanol–water partition coefficient (Wildman–Crippen LogP) is 6.41. The van der Waals surface area contributed by atoms with Crippen molar-refractivity contribution in [1.29, 1.82) is 0 Å². The quantitative estimate of drug-likeness (QED) is 0.276. The monoisotopic (exact) mass is 454 g/mol. The van der Waals surface area contributed by atoms with Crippen LogP contribution in [0, 0.1) is 0 Å². The van der Waals surface area contributed by atoms with Crippen molar-refractivity contribution in [3.05, 3.63) is 96.1 Å². The Kier molecular flexibility index (Phi) is 5.87. The summed E-state index contributed by atoms with van der Waals surface area (Å²) in [5, 5.41) is 8.26. The van der Waals surface area contributed by atoms with E-state index in [0.717, 1.165) is 41.5 Å². The van der Waals surface area contributed by atoms with E-state index in [4.69, 9.17) is 4.74 Å². The second-order valence-electron chi connectivity index (χ2n) is 9.88. The van der Waals surface area contributed by atoms with Gasteiger partial charge in [-0.05, 0) is 46.6 Å². The fourth-order valence-electron chi connectivity index (χ4n) is 4.09. The molecule has 6 heteroatoms. The van der Waals surface area contributed by atoms with Crippen LogP contribution in [-0.4, -0.2) is 34.4 Å². The normalized spacial score (nSPS) is 13.1. The highest BCUT2D eigenvalue weighted by molar-refractivity contribution is 6.76. The van der Waals surface area contributed by atoms with Gasteiger partial charge in [-0.3, -0.25) is 4.68 Å². The Balaban J connectivity index is 1.41. The molecule has 0 aliphatic heterocycles. The number of nitrogens with zero attached hydrogens (tertiary/aromatic N) is 3. The van der Waals surface area contributed by atoms with Gasteiger partial charge in [0, 0.05) is 38.0 Å². The zero-order chi connectivity index (χ0) is 22.8. The summed E-state index contributed by atoms with van der Waals surface area (Å²) in [6, 6.07) is 22.3. The summed E-state index contributed by atoms with van der Waals surface area (Å²) < 4.78 is 8.46. The maximum atomic E-state index is 6.46. The Morgan fingerprint density at radius 3 is 2.61 bits per heavy atom. The number of hydrogen-bond acceptors (Lipinski definition) is 3. The van der Waals surface area contributed by atoms with E-state index < -0.39 is 8.07 Å². The van der Waals surface area contributed by atoms with Gasteiger partial charge < -0.3 is 9.72 Å². The Morgan fingerprint density at radius 1 is 0.970 bits per heavy atom. The lowest BCUT2D eigenvalue weighted by atomic mass is 10.1. The summed E-state index contributed by atoms with van der Waals surface area (Å²) in [4.78, 5) is 7.92. The van der Waals surface area contributed by atoms with Gasteiger partial charge in [0.1, 0.15) is 11.8 Å². The molecule has 1 N–H and O–H groups in total. The number of nitrogens with one attached hydrogen (secondary N) is 1. The lowest BCUT2D eigenvalue weighted by Gasteiger charge is -2.20. The van der Waals surface area contributed by atoms with E-state index in [2.05, 4.69) is 95.5 Å². The molecule has 0 aliphatic carbocycles. The number of aromatic amines is 1. The van der Waals surface area contributed by atoms with E-state index in [0.29, 0.717) is 0 Å². The molecular formula is C27H30N4OSi. The molecule has 5 nitrogen and oxygen atoms in total. The van der Waals surface area contributed by atoms with E-state index in [1.807, 2.05) is 23.1 Å². The van der Waals surface area contributed by atoms with Crippen LogP contribution in [0.3, 0.4) is 0 Å². The molecule has 0 saturated heterocycles. The standard InChI is InChI=1S/C27H30N4OSi/c1-33(2,3)14-13-32-26(25-16-23-9-6-12-28-27(23)30-25)24-17-29-31(19-24)18-20-10-11-21-7-4-5-8-22(21)15-20/h4-12,15-17,19,26H,13-14,18H2,1-3H3,(H,28,30). The van der Waals surface area contributed by atoms with Gasteiger partial charge in [0.25, 0.3) is 0 Å². The van der Waals surface area contributed by atoms with E-state index in [1.165, 1.54) is 16.3 Å². The van der Waals surface area contributed by atoms with Crippen molar-refractivity contribution in [2.75, 3.05) is 6.61 Å². The molecule has 0 bridgehead atoms. The van der Waals surface area contributed by atoms with Crippen molar-refractivity contribution < 1.29 is 4.74 Å². The van der Waals surface area contributed by atoms with Crippen LogP contribution in [0.2, 0.25) is 25.7 Å². The highest BCUT2D eigenvalue weighted by atomic mass is 28.3. The maximum Gasteiger partial charge on any atom is 0.137 e. The van der Waals surface area contributed by atoms with Gasteiger partial charge in [-0.1, -0.05) is 56.0 Å². The summed E-state index contributed by atoms with van der Waals surface area (Å²) in [5.41, 5.74) is 4.19. The number of aromatic nitrogens is 4. The van der Waals surface area contributed by atoms with Crippen LogP contribution in [0.1, 0.15) is 22.9 Å². The van der Waals surface area contributed by atoms with Crippen molar-refractivity contribution in [3.63, 3.8) is 0 Å². The molecule has 1 unspecified atom stereocenters. The van der Waals surface area contributed by atoms with E-state index in [9.17, 15) is 0 Å². The summed E-state index contributed by atoms with van der Waals surface area (Å²) in [7, 11) is -1.19. The average molecular weight is 455 g/mol. The summed E-state index contributed by atoms with van der Waals surface area (Å²) in [5.74, 6) is 0. The molecule has 3 heterocycles. The smallest absolute Gasteiger partial charge is 0.137 e. The molecule has 33 heavy (non-hydrogen) atoms. The van der Waals surface area contributed by atoms with Crippen molar-refractivity contribution in [2.45, 2.75) is 38.3 Å². The molecule has 0 fully saturated rings. The van der Waals surface area contributed by atoms with E-state index >= 15 is 0 Å². The van der Waals surface area contributed by atoms with Crippen LogP contribution in [0.25, 0.3) is 21.8 Å². The van der Waals surface area contributed by atoms with Gasteiger partial charge in [0.05, 0.1) is 18.4 Å². The third-order valence-corrected chi connectivity index (χ3v) is 7.65. The Labute approximate surface area is 195 Å². The fourth-order valence-corrected chi connectivity index (χ4v) is 4.82. The molecule has 0 saturated carbocycles. The lowest BCUT2D eigenvalue weighted by Crippen LogP contribution is -2.22. The molecule has 0 amide bonds. The number of ether oxygens (including phenoxy) is 1. The molecule has 2 aromatic carbocycles. The van der Waals surface area contributed by atoms with Crippen LogP contribution in [-0.2, 0) is 11.3 Å². The van der Waals surface area contributed by atoms with Crippen molar-refractivity contribution in [2.24, 2.45) is 0 Å². The topological polar surface area (TPSA) is 55.7 Å². The van der Waals surface area contributed by atoms with Gasteiger partial charge >= 0.3 is 0 Å². The van der Waals surface area contributed by atoms with Gasteiger partial charge in [-0.2, -0.15) is 5.10 Å². The van der Waals surface area contributed by atoms with Crippen LogP contribution in [0.4, 0.5) is 0 Å². The highest BCUT2D eigenvalue weighted by Crippen LogP contribution is 2.29. The second kappa shape index (κ2) is 8.96. The maximum absolute atomic E-state index is 6.46. The average Bonchev–Trinajstić information content (AvgIpc) is 3.43. The van der Waals surface area contributed by atoms with Gasteiger partial charge in [0.2, 0.25) is 0 Å². The molecule has 1 atom stereocenters. The van der Waals surface area contributed by atoms with Crippen molar-refractivity contribution in [3.8, 4) is 0 Å². The molecule has 0 spiro atoms. The van der Waals surface area contributed by atoms with Gasteiger partial charge in [-0.15, -0.1) is 0 Å². The Morgan fingerprint density at radius 2 is 1.79 bits per heavy atom. The first-order valence-electron chi connectivity index (χ1n) is 11.5. The number of fused-ring (bicyclic) bond motifs is 2. The second-order valence-corrected chi connectivity index (χ2v) is 15.5. The summed E-state index contributed by atoms with van der Waals surface area (Å²) in [6.45, 7) is 8.58. The van der Waals surface area contributed by atoms with Crippen molar-refractivity contribution in [1.82, 2.24) is 19.7 Å². The van der Waals surface area contributed by atoms with E-state index in [1.54, 1.807) is 0 Å². The molecule has 5 aromatic rings. The van der Waals surface area contributed by atoms with Crippen LogP contribution in [0.15, 0.2) is 79.3 Å². The molecule has 0 aliphatic rings. The minimum absolute atomic E-state index is 0.194. The van der Waals surface area contributed by atoms with E-state index in [-0.39, 0.29) is 6.10 Å². The van der Waals surface area contributed by atoms with Crippen LogP contribution in [0.5, 0.6) is 0 Å². The first kappa shape index (κ1) is 21.6. The zero-order valence-corrected chi connectivity index (χ0v) is 20.5. The van der Waals surface area contributed by atoms with Gasteiger partial charge in [-0.25, -0.2) is 4.98 Å². The van der Waals surface area contributed by atoms with Crippen molar-refractivity contribution >= 4 is 29.9 Å². The molecular weight excluding hydrogens is 424 g/mol. The highest BCUT2D eigenvalue weighted by Gasteiger charge is 2.21. The minimum Gasteiger partial charge on any atom is -0.367 e. The van der Waals surface area contributed by atoms with Crippen LogP contribution >= 0.6 is 0 Å². The number of hydrogen-bond donors (Lipinski definition) is 1. The first-order chi connectivity index (χ1) is 15.9.